The lowest BCUT2D eigenvalue weighted by Gasteiger charge is -2.26. The summed E-state index contributed by atoms with van der Waals surface area (Å²) in [5, 5.41) is 0. The molecule has 2 nitrogen and oxygen atoms in total. The van der Waals surface area contributed by atoms with Crippen molar-refractivity contribution in [3.63, 3.8) is 0 Å². The van der Waals surface area contributed by atoms with Gasteiger partial charge in [0.2, 0.25) is 0 Å². The average molecular weight is 246 g/mol. The van der Waals surface area contributed by atoms with Crippen molar-refractivity contribution in [2.75, 3.05) is 13.6 Å². The number of nitrogens with zero attached hydrogens (tertiary/aromatic N) is 1. The normalized spacial score (nSPS) is 17.4. The van der Waals surface area contributed by atoms with Crippen molar-refractivity contribution >= 4 is 0 Å². The van der Waals surface area contributed by atoms with Gasteiger partial charge in [-0.25, -0.2) is 0 Å². The van der Waals surface area contributed by atoms with Gasteiger partial charge < -0.3 is 10.6 Å². The Bertz CT molecular complexity index is 361. The highest BCUT2D eigenvalue weighted by Crippen LogP contribution is 2.24. The fourth-order valence-electron chi connectivity index (χ4n) is 2.72. The van der Waals surface area contributed by atoms with Crippen LogP contribution in [0.2, 0.25) is 0 Å². The van der Waals surface area contributed by atoms with E-state index in [1.54, 1.807) is 0 Å². The predicted molar refractivity (Wildman–Crippen MR) is 77.7 cm³/mol. The van der Waals surface area contributed by atoms with Gasteiger partial charge in [0.25, 0.3) is 0 Å². The van der Waals surface area contributed by atoms with E-state index in [9.17, 15) is 0 Å². The van der Waals surface area contributed by atoms with Gasteiger partial charge in [0.05, 0.1) is 0 Å². The molecule has 1 atom stereocenters. The van der Waals surface area contributed by atoms with Gasteiger partial charge in [0.15, 0.2) is 0 Å². The maximum absolute atomic E-state index is 6.12. The molecular formula is C16H26N2. The third-order valence-corrected chi connectivity index (χ3v) is 4.32. The molecule has 1 aromatic carbocycles. The lowest BCUT2D eigenvalue weighted by molar-refractivity contribution is 0.233. The van der Waals surface area contributed by atoms with Crippen LogP contribution in [0.25, 0.3) is 0 Å². The second-order valence-electron chi connectivity index (χ2n) is 6.01. The summed E-state index contributed by atoms with van der Waals surface area (Å²) in [6.45, 7) is 5.52. The molecular weight excluding hydrogens is 220 g/mol. The number of benzene rings is 1. The first-order valence-corrected chi connectivity index (χ1v) is 7.10. The number of nitrogens with two attached hydrogens (primary N) is 1. The van der Waals surface area contributed by atoms with E-state index >= 15 is 0 Å². The summed E-state index contributed by atoms with van der Waals surface area (Å²) in [7, 11) is 2.24. The van der Waals surface area contributed by atoms with Crippen LogP contribution in [0.15, 0.2) is 24.3 Å². The van der Waals surface area contributed by atoms with Crippen molar-refractivity contribution < 1.29 is 0 Å². The lowest BCUT2D eigenvalue weighted by atomic mass is 10.0. The van der Waals surface area contributed by atoms with Crippen molar-refractivity contribution in [1.82, 2.24) is 4.90 Å². The Morgan fingerprint density at radius 3 is 2.28 bits per heavy atom. The molecule has 0 heterocycles. The molecule has 0 saturated carbocycles. The molecule has 2 rings (SSSR count). The van der Waals surface area contributed by atoms with E-state index in [-0.39, 0.29) is 0 Å². The summed E-state index contributed by atoms with van der Waals surface area (Å²) < 4.78 is 0. The third-order valence-electron chi connectivity index (χ3n) is 4.32. The Hall–Kier alpha value is -0.860. The number of fused-ring (bicyclic) bond motifs is 1. The van der Waals surface area contributed by atoms with Crippen LogP contribution in [0, 0.1) is 5.92 Å². The van der Waals surface area contributed by atoms with Gasteiger partial charge in [-0.1, -0.05) is 38.1 Å². The fraction of sp³-hybridized carbons (Fsp3) is 0.625. The highest BCUT2D eigenvalue weighted by molar-refractivity contribution is 5.33. The first kappa shape index (κ1) is 13.6. The zero-order valence-electron chi connectivity index (χ0n) is 11.9. The van der Waals surface area contributed by atoms with Gasteiger partial charge in [0.1, 0.15) is 0 Å². The van der Waals surface area contributed by atoms with Crippen LogP contribution in [-0.4, -0.2) is 30.6 Å². The molecule has 0 fully saturated rings. The molecule has 2 heteroatoms. The van der Waals surface area contributed by atoms with Crippen LogP contribution in [0.3, 0.4) is 0 Å². The molecule has 1 unspecified atom stereocenters. The average Bonchev–Trinajstić information content (AvgIpc) is 2.79. The zero-order chi connectivity index (χ0) is 13.1. The van der Waals surface area contributed by atoms with E-state index in [2.05, 4.69) is 50.1 Å². The smallest absolute Gasteiger partial charge is 0.0173 e. The van der Waals surface area contributed by atoms with Gasteiger partial charge in [-0.3, -0.25) is 0 Å². The second kappa shape index (κ2) is 5.85. The highest BCUT2D eigenvalue weighted by Gasteiger charge is 2.24. The van der Waals surface area contributed by atoms with Crippen molar-refractivity contribution in [2.45, 2.75) is 45.2 Å². The second-order valence-corrected chi connectivity index (χ2v) is 6.01. The monoisotopic (exact) mass is 246 g/mol. The summed E-state index contributed by atoms with van der Waals surface area (Å²) in [5.41, 5.74) is 9.18. The number of hydrogen-bond donors (Lipinski definition) is 1. The van der Waals surface area contributed by atoms with E-state index in [0.717, 1.165) is 13.0 Å². The molecule has 18 heavy (non-hydrogen) atoms. The molecule has 0 aliphatic heterocycles. The summed E-state index contributed by atoms with van der Waals surface area (Å²) in [4.78, 5) is 2.49. The third kappa shape index (κ3) is 3.12. The number of likely N-dealkylation sites (N-methyl/N-ethyl adjacent to an activating group) is 1. The van der Waals surface area contributed by atoms with Gasteiger partial charge in [-0.2, -0.15) is 0 Å². The van der Waals surface area contributed by atoms with Crippen LogP contribution >= 0.6 is 0 Å². The SMILES string of the molecule is CC(C)C(N)CCN(C)C1Cc2ccccc2C1. The molecule has 0 radical (unpaired) electrons. The maximum atomic E-state index is 6.12. The van der Waals surface area contributed by atoms with E-state index in [4.69, 9.17) is 5.73 Å². The first-order chi connectivity index (χ1) is 8.58. The Morgan fingerprint density at radius 2 is 1.78 bits per heavy atom. The molecule has 100 valence electrons. The molecule has 1 aromatic rings. The number of rotatable bonds is 5. The van der Waals surface area contributed by atoms with Crippen LogP contribution in [0.1, 0.15) is 31.4 Å². The molecule has 1 aliphatic rings. The Kier molecular flexibility index (Phi) is 4.41. The fourth-order valence-corrected chi connectivity index (χ4v) is 2.72. The van der Waals surface area contributed by atoms with Crippen LogP contribution in [0.5, 0.6) is 0 Å². The van der Waals surface area contributed by atoms with Crippen LogP contribution in [-0.2, 0) is 12.8 Å². The Balaban J connectivity index is 1.84. The Labute approximate surface area is 111 Å². The minimum atomic E-state index is 0.330. The molecule has 0 aromatic heterocycles. The highest BCUT2D eigenvalue weighted by atomic mass is 15.1. The van der Waals surface area contributed by atoms with Gasteiger partial charge in [-0.15, -0.1) is 0 Å². The summed E-state index contributed by atoms with van der Waals surface area (Å²) in [6.07, 6.45) is 3.49. The molecule has 0 saturated heterocycles. The van der Waals surface area contributed by atoms with E-state index in [1.807, 2.05) is 0 Å². The molecule has 0 amide bonds. The first-order valence-electron chi connectivity index (χ1n) is 7.10. The minimum Gasteiger partial charge on any atom is -0.327 e. The van der Waals surface area contributed by atoms with Crippen LogP contribution < -0.4 is 5.73 Å². The lowest BCUT2D eigenvalue weighted by Crippen LogP contribution is -2.37. The Morgan fingerprint density at radius 1 is 1.22 bits per heavy atom. The zero-order valence-corrected chi connectivity index (χ0v) is 11.9. The van der Waals surface area contributed by atoms with Crippen molar-refractivity contribution in [3.05, 3.63) is 35.4 Å². The van der Waals surface area contributed by atoms with Gasteiger partial charge in [-0.05, 0) is 49.9 Å². The maximum Gasteiger partial charge on any atom is 0.0173 e. The van der Waals surface area contributed by atoms with E-state index in [0.29, 0.717) is 18.0 Å². The quantitative estimate of drug-likeness (QED) is 0.865. The summed E-state index contributed by atoms with van der Waals surface area (Å²) in [6, 6.07) is 9.83. The van der Waals surface area contributed by atoms with Crippen molar-refractivity contribution in [1.29, 1.82) is 0 Å². The standard InChI is InChI=1S/C16H26N2/c1-12(2)16(17)8-9-18(3)15-10-13-6-4-5-7-14(13)11-15/h4-7,12,15-16H,8-11,17H2,1-3H3. The van der Waals surface area contributed by atoms with Gasteiger partial charge in [0, 0.05) is 12.1 Å². The molecule has 0 spiro atoms. The van der Waals surface area contributed by atoms with Gasteiger partial charge >= 0.3 is 0 Å². The van der Waals surface area contributed by atoms with E-state index < -0.39 is 0 Å². The topological polar surface area (TPSA) is 29.3 Å². The largest absolute Gasteiger partial charge is 0.327 e. The predicted octanol–water partition coefficient (Wildman–Crippen LogP) is 2.46. The van der Waals surface area contributed by atoms with Crippen molar-refractivity contribution in [2.24, 2.45) is 11.7 Å². The summed E-state index contributed by atoms with van der Waals surface area (Å²) in [5.74, 6) is 0.583. The number of hydrogen-bond acceptors (Lipinski definition) is 2. The molecule has 1 aliphatic carbocycles. The minimum absolute atomic E-state index is 0.330. The van der Waals surface area contributed by atoms with Crippen LogP contribution in [0.4, 0.5) is 0 Å². The molecule has 2 N–H and O–H groups in total. The van der Waals surface area contributed by atoms with Crippen molar-refractivity contribution in [3.8, 4) is 0 Å². The molecule has 0 bridgehead atoms. The van der Waals surface area contributed by atoms with E-state index in [1.165, 1.54) is 24.0 Å². The summed E-state index contributed by atoms with van der Waals surface area (Å²) >= 11 is 0.